The molecular formula is C12H8Cl2FNO3. The van der Waals surface area contributed by atoms with Crippen molar-refractivity contribution >= 4 is 29.1 Å². The largest absolute Gasteiger partial charge is 0.433 e. The average molecular weight is 304 g/mol. The van der Waals surface area contributed by atoms with Crippen LogP contribution in [0.2, 0.25) is 5.02 Å². The summed E-state index contributed by atoms with van der Waals surface area (Å²) in [5, 5.41) is 10.0. The molecule has 1 unspecified atom stereocenters. The molecule has 0 aliphatic rings. The molecule has 0 aliphatic heterocycles. The van der Waals surface area contributed by atoms with Gasteiger partial charge >= 0.3 is 5.88 Å². The lowest BCUT2D eigenvalue weighted by Crippen LogP contribution is -1.98. The standard InChI is InChI=1S/C12H8Cl2FNO3/c13-8-2-1-3-10(15)7(8)6-9(14)11-4-5-12(19-11)16(17)18/h1-5,9H,6H2. The van der Waals surface area contributed by atoms with Gasteiger partial charge in [-0.25, -0.2) is 4.39 Å². The first kappa shape index (κ1) is 13.8. The van der Waals surface area contributed by atoms with E-state index in [0.717, 1.165) is 0 Å². The first-order chi connectivity index (χ1) is 8.99. The van der Waals surface area contributed by atoms with Gasteiger partial charge in [-0.05, 0) is 18.2 Å². The van der Waals surface area contributed by atoms with Crippen molar-refractivity contribution in [2.24, 2.45) is 0 Å². The van der Waals surface area contributed by atoms with Gasteiger partial charge in [-0.2, -0.15) is 0 Å². The number of benzene rings is 1. The van der Waals surface area contributed by atoms with Crippen LogP contribution in [-0.2, 0) is 6.42 Å². The molecule has 2 aromatic rings. The average Bonchev–Trinajstić information content (AvgIpc) is 2.83. The maximum atomic E-state index is 13.6. The Morgan fingerprint density at radius 1 is 1.37 bits per heavy atom. The molecule has 7 heteroatoms. The molecule has 0 radical (unpaired) electrons. The van der Waals surface area contributed by atoms with Crippen molar-refractivity contribution < 1.29 is 13.7 Å². The Morgan fingerprint density at radius 2 is 2.11 bits per heavy atom. The van der Waals surface area contributed by atoms with E-state index >= 15 is 0 Å². The second-order valence-electron chi connectivity index (χ2n) is 3.80. The molecule has 0 bridgehead atoms. The zero-order chi connectivity index (χ0) is 14.0. The molecule has 1 aromatic heterocycles. The molecule has 4 nitrogen and oxygen atoms in total. The summed E-state index contributed by atoms with van der Waals surface area (Å²) in [6.45, 7) is 0. The van der Waals surface area contributed by atoms with Crippen molar-refractivity contribution in [3.05, 3.63) is 62.6 Å². The SMILES string of the molecule is O=[N+]([O-])c1ccc(C(Cl)Cc2c(F)cccc2Cl)o1. The molecule has 0 fully saturated rings. The molecule has 0 aliphatic carbocycles. The summed E-state index contributed by atoms with van der Waals surface area (Å²) in [5.74, 6) is -0.674. The van der Waals surface area contributed by atoms with Crippen LogP contribution in [0.5, 0.6) is 0 Å². The number of alkyl halides is 1. The lowest BCUT2D eigenvalue weighted by atomic mass is 10.1. The second kappa shape index (κ2) is 5.59. The number of furan rings is 1. The smallest absolute Gasteiger partial charge is 0.404 e. The predicted octanol–water partition coefficient (Wildman–Crippen LogP) is 4.50. The van der Waals surface area contributed by atoms with Gasteiger partial charge in [0.15, 0.2) is 0 Å². The zero-order valence-corrected chi connectivity index (χ0v) is 11.0. The van der Waals surface area contributed by atoms with Gasteiger partial charge in [0.25, 0.3) is 0 Å². The summed E-state index contributed by atoms with van der Waals surface area (Å²) < 4.78 is 18.5. The molecule has 1 aromatic carbocycles. The third-order valence-corrected chi connectivity index (χ3v) is 3.27. The normalized spacial score (nSPS) is 12.4. The molecule has 1 atom stereocenters. The van der Waals surface area contributed by atoms with Gasteiger partial charge < -0.3 is 4.42 Å². The van der Waals surface area contributed by atoms with Crippen LogP contribution >= 0.6 is 23.2 Å². The van der Waals surface area contributed by atoms with Crippen molar-refractivity contribution in [3.63, 3.8) is 0 Å². The van der Waals surface area contributed by atoms with Crippen LogP contribution in [-0.4, -0.2) is 4.92 Å². The minimum Gasteiger partial charge on any atom is -0.404 e. The van der Waals surface area contributed by atoms with E-state index < -0.39 is 22.0 Å². The van der Waals surface area contributed by atoms with Gasteiger partial charge in [0.2, 0.25) is 0 Å². The predicted molar refractivity (Wildman–Crippen MR) is 69.1 cm³/mol. The summed E-state index contributed by atoms with van der Waals surface area (Å²) in [6, 6.07) is 6.91. The quantitative estimate of drug-likeness (QED) is 0.474. The van der Waals surface area contributed by atoms with E-state index in [1.165, 1.54) is 24.3 Å². The molecule has 0 saturated carbocycles. The maximum Gasteiger partial charge on any atom is 0.433 e. The summed E-state index contributed by atoms with van der Waals surface area (Å²) in [4.78, 5) is 9.83. The fraction of sp³-hybridized carbons (Fsp3) is 0.167. The van der Waals surface area contributed by atoms with Crippen molar-refractivity contribution in [1.82, 2.24) is 0 Å². The minimum atomic E-state index is -0.733. The van der Waals surface area contributed by atoms with Crippen molar-refractivity contribution in [3.8, 4) is 0 Å². The number of rotatable bonds is 4. The van der Waals surface area contributed by atoms with Crippen molar-refractivity contribution in [2.75, 3.05) is 0 Å². The van der Waals surface area contributed by atoms with Crippen LogP contribution in [0, 0.1) is 15.9 Å². The summed E-state index contributed by atoms with van der Waals surface area (Å²) in [6.07, 6.45) is 0.0811. The molecule has 0 spiro atoms. The van der Waals surface area contributed by atoms with Gasteiger partial charge in [-0.1, -0.05) is 17.7 Å². The van der Waals surface area contributed by atoms with Crippen LogP contribution in [0.15, 0.2) is 34.7 Å². The molecule has 0 N–H and O–H groups in total. The van der Waals surface area contributed by atoms with Crippen molar-refractivity contribution in [2.45, 2.75) is 11.8 Å². The number of halogens is 3. The second-order valence-corrected chi connectivity index (χ2v) is 4.74. The first-order valence-corrected chi connectivity index (χ1v) is 6.11. The lowest BCUT2D eigenvalue weighted by Gasteiger charge is -2.09. The Balaban J connectivity index is 2.20. The van der Waals surface area contributed by atoms with E-state index in [9.17, 15) is 14.5 Å². The molecule has 2 rings (SSSR count). The Kier molecular flexibility index (Phi) is 4.07. The van der Waals surface area contributed by atoms with E-state index in [4.69, 9.17) is 27.6 Å². The maximum absolute atomic E-state index is 13.6. The summed E-state index contributed by atoms with van der Waals surface area (Å²) in [5.41, 5.74) is 0.253. The Hall–Kier alpha value is -1.59. The van der Waals surface area contributed by atoms with Gasteiger partial charge in [0.05, 0.1) is 11.4 Å². The topological polar surface area (TPSA) is 56.3 Å². The highest BCUT2D eigenvalue weighted by Crippen LogP contribution is 2.32. The van der Waals surface area contributed by atoms with Gasteiger partial charge in [0.1, 0.15) is 16.5 Å². The summed E-state index contributed by atoms with van der Waals surface area (Å²) in [7, 11) is 0. The highest BCUT2D eigenvalue weighted by atomic mass is 35.5. The highest BCUT2D eigenvalue weighted by Gasteiger charge is 2.20. The van der Waals surface area contributed by atoms with Crippen LogP contribution < -0.4 is 0 Å². The Bertz CT molecular complexity index is 595. The molecule has 100 valence electrons. The monoisotopic (exact) mass is 303 g/mol. The summed E-state index contributed by atoms with van der Waals surface area (Å²) >= 11 is 11.9. The Morgan fingerprint density at radius 3 is 2.68 bits per heavy atom. The van der Waals surface area contributed by atoms with Crippen LogP contribution in [0.25, 0.3) is 0 Å². The van der Waals surface area contributed by atoms with Crippen LogP contribution in [0.1, 0.15) is 16.7 Å². The van der Waals surface area contributed by atoms with E-state index in [1.54, 1.807) is 6.07 Å². The van der Waals surface area contributed by atoms with Crippen molar-refractivity contribution in [1.29, 1.82) is 0 Å². The molecule has 0 amide bonds. The van der Waals surface area contributed by atoms with Gasteiger partial charge in [0, 0.05) is 17.0 Å². The van der Waals surface area contributed by atoms with Crippen LogP contribution in [0.4, 0.5) is 10.3 Å². The van der Waals surface area contributed by atoms with E-state index in [1.807, 2.05) is 0 Å². The van der Waals surface area contributed by atoms with E-state index in [-0.39, 0.29) is 22.8 Å². The number of hydrogen-bond acceptors (Lipinski definition) is 3. The molecule has 19 heavy (non-hydrogen) atoms. The number of nitrogens with zero attached hydrogens (tertiary/aromatic N) is 1. The first-order valence-electron chi connectivity index (χ1n) is 5.30. The third kappa shape index (κ3) is 3.05. The van der Waals surface area contributed by atoms with Gasteiger partial charge in [-0.15, -0.1) is 11.6 Å². The van der Waals surface area contributed by atoms with Gasteiger partial charge in [-0.3, -0.25) is 10.1 Å². The number of hydrogen-bond donors (Lipinski definition) is 0. The minimum absolute atomic E-state index is 0.0811. The van der Waals surface area contributed by atoms with E-state index in [2.05, 4.69) is 0 Å². The number of nitro groups is 1. The molecule has 1 heterocycles. The third-order valence-electron chi connectivity index (χ3n) is 2.55. The zero-order valence-electron chi connectivity index (χ0n) is 9.48. The molecular weight excluding hydrogens is 296 g/mol. The Labute approximate surface area is 117 Å². The lowest BCUT2D eigenvalue weighted by molar-refractivity contribution is -0.402. The van der Waals surface area contributed by atoms with E-state index in [0.29, 0.717) is 0 Å². The fourth-order valence-electron chi connectivity index (χ4n) is 1.62. The van der Waals surface area contributed by atoms with Crippen LogP contribution in [0.3, 0.4) is 0 Å². The molecule has 0 saturated heterocycles. The fourth-order valence-corrected chi connectivity index (χ4v) is 2.13. The highest BCUT2D eigenvalue weighted by molar-refractivity contribution is 6.31.